The van der Waals surface area contributed by atoms with Crippen LogP contribution in [0.25, 0.3) is 0 Å². The van der Waals surface area contributed by atoms with Crippen LogP contribution in [0.15, 0.2) is 0 Å². The first-order valence-corrected chi connectivity index (χ1v) is 34.1. The molecule has 0 aromatic carbocycles. The van der Waals surface area contributed by atoms with Gasteiger partial charge in [-0.05, 0) is 12.8 Å². The lowest BCUT2D eigenvalue weighted by atomic mass is 9.98. The smallest absolute Gasteiger partial charge is 0.306 e. The molecule has 11 unspecified atom stereocenters. The first-order chi connectivity index (χ1) is 39.1. The molecule has 14 nitrogen and oxygen atoms in total. The maximum absolute atomic E-state index is 13.1. The number of carbonyl (C=O) groups excluding carboxylic acids is 1. The maximum Gasteiger partial charge on any atom is 0.306 e. The molecule has 2 aliphatic rings. The minimum atomic E-state index is -1.70. The van der Waals surface area contributed by atoms with Crippen LogP contribution < -0.4 is 0 Å². The second-order valence-electron chi connectivity index (χ2n) is 24.4. The van der Waals surface area contributed by atoms with Crippen LogP contribution in [0, 0.1) is 0 Å². The molecule has 0 aliphatic carbocycles. The first kappa shape index (κ1) is 75.1. The predicted octanol–water partition coefficient (Wildman–Crippen LogP) is 13.9. The summed E-state index contributed by atoms with van der Waals surface area (Å²) >= 11 is 0. The third kappa shape index (κ3) is 38.8. The van der Waals surface area contributed by atoms with Gasteiger partial charge in [-0.2, -0.15) is 0 Å². The fourth-order valence-electron chi connectivity index (χ4n) is 11.4. The number of hydrogen-bond donors (Lipinski definition) is 7. The van der Waals surface area contributed by atoms with E-state index < -0.39 is 80.7 Å². The van der Waals surface area contributed by atoms with Crippen molar-refractivity contribution < 1.29 is 69.0 Å². The Hall–Kier alpha value is -1.01. The van der Waals surface area contributed by atoms with Gasteiger partial charge in [0.2, 0.25) is 0 Å². The van der Waals surface area contributed by atoms with Gasteiger partial charge in [-0.15, -0.1) is 0 Å². The van der Waals surface area contributed by atoms with Crippen LogP contribution in [0.5, 0.6) is 0 Å². The Kier molecular flexibility index (Phi) is 50.2. The molecule has 11 atom stereocenters. The lowest BCUT2D eigenvalue weighted by Crippen LogP contribution is -2.61. The molecule has 7 N–H and O–H groups in total. The Bertz CT molecular complexity index is 1330. The van der Waals surface area contributed by atoms with Crippen molar-refractivity contribution in [1.82, 2.24) is 0 Å². The average Bonchev–Trinajstić information content (AvgIpc) is 3.47. The zero-order chi connectivity index (χ0) is 57.9. The standard InChI is InChI=1S/C66H128O14/c1-3-5-7-9-11-13-15-17-19-21-23-25-27-29-31-33-35-37-39-41-43-45-47-49-58(68)78-55(53-76-65-64(74)62(72)60(70)57(80-65)54-77-66-63(73)61(71)59(69)56(51-67)79-66)52-75-50-48-46-44-42-40-38-36-34-32-30-28-26-24-22-20-18-16-14-12-10-8-6-4-2/h55-57,59-67,69-74H,3-54H2,1-2H3. The summed E-state index contributed by atoms with van der Waals surface area (Å²) in [5, 5.41) is 72.6. The molecular weight excluding hydrogens is 1020 g/mol. The van der Waals surface area contributed by atoms with Gasteiger partial charge in [0.25, 0.3) is 0 Å². The quantitative estimate of drug-likeness (QED) is 0.0223. The number of carbonyl (C=O) groups is 1. The molecule has 0 saturated carbocycles. The summed E-state index contributed by atoms with van der Waals surface area (Å²) in [5.41, 5.74) is 0. The molecule has 0 aromatic rings. The van der Waals surface area contributed by atoms with Crippen molar-refractivity contribution in [1.29, 1.82) is 0 Å². The summed E-state index contributed by atoms with van der Waals surface area (Å²) in [6.45, 7) is 3.79. The van der Waals surface area contributed by atoms with E-state index in [0.29, 0.717) is 6.61 Å². The van der Waals surface area contributed by atoms with Crippen molar-refractivity contribution in [3.05, 3.63) is 0 Å². The number of aliphatic hydroxyl groups excluding tert-OH is 7. The molecule has 0 spiro atoms. The average molecular weight is 1150 g/mol. The van der Waals surface area contributed by atoms with Crippen molar-refractivity contribution in [2.24, 2.45) is 0 Å². The largest absolute Gasteiger partial charge is 0.457 e. The Balaban J connectivity index is 1.64. The lowest BCUT2D eigenvalue weighted by Gasteiger charge is -2.42. The van der Waals surface area contributed by atoms with Crippen LogP contribution in [0.3, 0.4) is 0 Å². The van der Waals surface area contributed by atoms with Gasteiger partial charge in [-0.3, -0.25) is 4.79 Å². The predicted molar refractivity (Wildman–Crippen MR) is 321 cm³/mol. The molecule has 0 bridgehead atoms. The minimum absolute atomic E-state index is 0.0715. The zero-order valence-corrected chi connectivity index (χ0v) is 51.6. The highest BCUT2D eigenvalue weighted by molar-refractivity contribution is 5.69. The summed E-state index contributed by atoms with van der Waals surface area (Å²) < 4.78 is 34.6. The number of aliphatic hydroxyl groups is 7. The number of rotatable bonds is 58. The van der Waals surface area contributed by atoms with E-state index >= 15 is 0 Å². The third-order valence-corrected chi connectivity index (χ3v) is 16.9. The van der Waals surface area contributed by atoms with Crippen molar-refractivity contribution in [2.45, 2.75) is 383 Å². The molecule has 2 fully saturated rings. The van der Waals surface area contributed by atoms with Crippen LogP contribution in [-0.4, -0.2) is 142 Å². The topological polar surface area (TPSA) is 214 Å². The fourth-order valence-corrected chi connectivity index (χ4v) is 11.4. The van der Waals surface area contributed by atoms with Crippen LogP contribution in [0.1, 0.15) is 316 Å². The monoisotopic (exact) mass is 1140 g/mol. The molecule has 476 valence electrons. The first-order valence-electron chi connectivity index (χ1n) is 34.1. The highest BCUT2D eigenvalue weighted by Gasteiger charge is 2.47. The van der Waals surface area contributed by atoms with Crippen LogP contribution in [0.2, 0.25) is 0 Å². The summed E-state index contributed by atoms with van der Waals surface area (Å²) in [6.07, 6.45) is 44.6. The molecule has 2 heterocycles. The highest BCUT2D eigenvalue weighted by atomic mass is 16.7. The minimum Gasteiger partial charge on any atom is -0.457 e. The van der Waals surface area contributed by atoms with E-state index in [1.54, 1.807) is 0 Å². The molecule has 14 heteroatoms. The SMILES string of the molecule is CCCCCCCCCCCCCCCCCCCCCCCCCOCC(COC1OC(COC2OC(CO)C(O)C(O)C2O)C(O)C(O)C1O)OC(=O)CCCCCCCCCCCCCCCCCCCCCCCCC. The van der Waals surface area contributed by atoms with E-state index in [0.717, 1.165) is 44.9 Å². The molecule has 80 heavy (non-hydrogen) atoms. The van der Waals surface area contributed by atoms with Crippen molar-refractivity contribution in [3.8, 4) is 0 Å². The van der Waals surface area contributed by atoms with Gasteiger partial charge in [0.05, 0.1) is 26.4 Å². The summed E-state index contributed by atoms with van der Waals surface area (Å²) in [6, 6.07) is 0. The normalized spacial score (nSPS) is 23.7. The van der Waals surface area contributed by atoms with Gasteiger partial charge >= 0.3 is 5.97 Å². The van der Waals surface area contributed by atoms with Gasteiger partial charge in [0.1, 0.15) is 54.9 Å². The van der Waals surface area contributed by atoms with Crippen LogP contribution in [0.4, 0.5) is 0 Å². The third-order valence-electron chi connectivity index (χ3n) is 16.9. The summed E-state index contributed by atoms with van der Waals surface area (Å²) in [4.78, 5) is 13.1. The Morgan fingerprint density at radius 2 is 0.662 bits per heavy atom. The number of esters is 1. The maximum atomic E-state index is 13.1. The van der Waals surface area contributed by atoms with E-state index in [9.17, 15) is 40.5 Å². The van der Waals surface area contributed by atoms with E-state index in [1.165, 1.54) is 250 Å². The number of ether oxygens (including phenoxy) is 6. The summed E-state index contributed by atoms with van der Waals surface area (Å²) in [5.74, 6) is -0.364. The molecule has 0 amide bonds. The Morgan fingerprint density at radius 1 is 0.362 bits per heavy atom. The lowest BCUT2D eigenvalue weighted by molar-refractivity contribution is -0.332. The van der Waals surface area contributed by atoms with Gasteiger partial charge in [-0.25, -0.2) is 0 Å². The van der Waals surface area contributed by atoms with Gasteiger partial charge in [-0.1, -0.05) is 296 Å². The molecule has 2 aliphatic heterocycles. The van der Waals surface area contributed by atoms with Gasteiger partial charge in [0.15, 0.2) is 12.6 Å². The molecule has 2 rings (SSSR count). The van der Waals surface area contributed by atoms with E-state index in [1.807, 2.05) is 0 Å². The van der Waals surface area contributed by atoms with E-state index in [4.69, 9.17) is 28.4 Å². The Morgan fingerprint density at radius 3 is 1.01 bits per heavy atom. The van der Waals surface area contributed by atoms with E-state index in [-0.39, 0.29) is 25.6 Å². The molecule has 2 saturated heterocycles. The molecular formula is C66H128O14. The summed E-state index contributed by atoms with van der Waals surface area (Å²) in [7, 11) is 0. The van der Waals surface area contributed by atoms with Gasteiger partial charge in [0, 0.05) is 13.0 Å². The highest BCUT2D eigenvalue weighted by Crippen LogP contribution is 2.27. The van der Waals surface area contributed by atoms with Gasteiger partial charge < -0.3 is 64.2 Å². The van der Waals surface area contributed by atoms with Crippen LogP contribution in [-0.2, 0) is 33.2 Å². The zero-order valence-electron chi connectivity index (χ0n) is 51.6. The van der Waals surface area contributed by atoms with Crippen molar-refractivity contribution in [2.75, 3.05) is 33.0 Å². The van der Waals surface area contributed by atoms with Crippen molar-refractivity contribution in [3.63, 3.8) is 0 Å². The Labute approximate surface area is 489 Å². The second kappa shape index (κ2) is 53.5. The number of unbranched alkanes of at least 4 members (excludes halogenated alkanes) is 44. The molecule has 0 radical (unpaired) electrons. The number of hydrogen-bond acceptors (Lipinski definition) is 14. The fraction of sp³-hybridized carbons (Fsp3) is 0.985. The molecule has 0 aromatic heterocycles. The van der Waals surface area contributed by atoms with E-state index in [2.05, 4.69) is 13.8 Å². The van der Waals surface area contributed by atoms with Crippen LogP contribution >= 0.6 is 0 Å². The van der Waals surface area contributed by atoms with Crippen molar-refractivity contribution >= 4 is 5.97 Å². The second-order valence-corrected chi connectivity index (χ2v) is 24.4.